The Balaban J connectivity index is 1.79. The summed E-state index contributed by atoms with van der Waals surface area (Å²) in [7, 11) is 0. The molecular formula is C24H23N5O2. The maximum atomic E-state index is 13.3. The van der Waals surface area contributed by atoms with Crippen molar-refractivity contribution in [3.63, 3.8) is 0 Å². The van der Waals surface area contributed by atoms with Crippen LogP contribution in [0.5, 0.6) is 0 Å². The van der Waals surface area contributed by atoms with Gasteiger partial charge in [0.05, 0.1) is 22.8 Å². The normalized spacial score (nSPS) is 11.1. The lowest BCUT2D eigenvalue weighted by atomic mass is 10.1. The molecule has 0 radical (unpaired) electrons. The lowest BCUT2D eigenvalue weighted by molar-refractivity contribution is 0.0998. The zero-order valence-corrected chi connectivity index (χ0v) is 17.6. The first-order valence-electron chi connectivity index (χ1n) is 10.0. The number of primary amides is 1. The highest BCUT2D eigenvalue weighted by atomic mass is 16.2. The van der Waals surface area contributed by atoms with Gasteiger partial charge in [-0.15, -0.1) is 0 Å². The summed E-state index contributed by atoms with van der Waals surface area (Å²) in [5.74, 6) is -0.779. The van der Waals surface area contributed by atoms with E-state index in [0.717, 1.165) is 5.56 Å². The van der Waals surface area contributed by atoms with E-state index in [9.17, 15) is 9.59 Å². The third kappa shape index (κ3) is 3.90. The lowest BCUT2D eigenvalue weighted by Gasteiger charge is -2.12. The van der Waals surface area contributed by atoms with Gasteiger partial charge in [-0.25, -0.2) is 9.67 Å². The molecule has 2 aromatic carbocycles. The minimum Gasteiger partial charge on any atom is -0.366 e. The lowest BCUT2D eigenvalue weighted by Crippen LogP contribution is -2.15. The van der Waals surface area contributed by atoms with Crippen molar-refractivity contribution in [2.75, 3.05) is 5.32 Å². The van der Waals surface area contributed by atoms with E-state index in [0.29, 0.717) is 39.1 Å². The van der Waals surface area contributed by atoms with Crippen LogP contribution in [0.25, 0.3) is 22.3 Å². The highest BCUT2D eigenvalue weighted by molar-refractivity contribution is 6.12. The van der Waals surface area contributed by atoms with Crippen LogP contribution < -0.4 is 11.1 Å². The second-order valence-corrected chi connectivity index (χ2v) is 7.69. The predicted octanol–water partition coefficient (Wildman–Crippen LogP) is 4.34. The second-order valence-electron chi connectivity index (χ2n) is 7.69. The molecule has 0 aliphatic heterocycles. The Morgan fingerprint density at radius 2 is 1.77 bits per heavy atom. The number of hydrogen-bond donors (Lipinski definition) is 2. The van der Waals surface area contributed by atoms with Gasteiger partial charge in [0.2, 0.25) is 5.91 Å². The number of pyridine rings is 1. The molecule has 31 heavy (non-hydrogen) atoms. The van der Waals surface area contributed by atoms with Crippen LogP contribution in [-0.4, -0.2) is 26.6 Å². The molecule has 2 aromatic heterocycles. The first-order chi connectivity index (χ1) is 14.8. The van der Waals surface area contributed by atoms with Crippen LogP contribution in [-0.2, 0) is 0 Å². The van der Waals surface area contributed by atoms with E-state index in [2.05, 4.69) is 10.4 Å². The number of fused-ring (bicyclic) bond motifs is 1. The second kappa shape index (κ2) is 8.02. The molecule has 0 unspecified atom stereocenters. The van der Waals surface area contributed by atoms with Gasteiger partial charge in [-0.3, -0.25) is 9.59 Å². The molecule has 3 N–H and O–H groups in total. The Labute approximate surface area is 179 Å². The summed E-state index contributed by atoms with van der Waals surface area (Å²) in [5.41, 5.74) is 9.82. The highest BCUT2D eigenvalue weighted by Gasteiger charge is 2.19. The van der Waals surface area contributed by atoms with Gasteiger partial charge in [-0.05, 0) is 50.6 Å². The molecule has 7 nitrogen and oxygen atoms in total. The van der Waals surface area contributed by atoms with E-state index in [1.807, 2.05) is 48.9 Å². The fourth-order valence-electron chi connectivity index (χ4n) is 3.56. The average molecular weight is 413 g/mol. The monoisotopic (exact) mass is 413 g/mol. The predicted molar refractivity (Wildman–Crippen MR) is 121 cm³/mol. The molecule has 0 bridgehead atoms. The minimum atomic E-state index is -0.500. The van der Waals surface area contributed by atoms with Crippen molar-refractivity contribution in [2.24, 2.45) is 5.73 Å². The summed E-state index contributed by atoms with van der Waals surface area (Å²) in [6, 6.07) is 16.6. The molecule has 0 aliphatic carbocycles. The van der Waals surface area contributed by atoms with Crippen LogP contribution in [0, 0.1) is 6.92 Å². The van der Waals surface area contributed by atoms with E-state index in [1.165, 1.54) is 0 Å². The SMILES string of the molecule is Cc1cc(NC(=O)c2cc(-c3ccccc3)nc3c2cnn3C(C)C)ccc1C(N)=O. The van der Waals surface area contributed by atoms with E-state index in [4.69, 9.17) is 10.7 Å². The fraction of sp³-hybridized carbons (Fsp3) is 0.167. The molecule has 0 fully saturated rings. The van der Waals surface area contributed by atoms with Gasteiger partial charge in [0.25, 0.3) is 5.91 Å². The van der Waals surface area contributed by atoms with Crippen molar-refractivity contribution < 1.29 is 9.59 Å². The number of nitrogens with one attached hydrogen (secondary N) is 1. The summed E-state index contributed by atoms with van der Waals surface area (Å²) in [5, 5.41) is 8.04. The molecule has 0 atom stereocenters. The number of aromatic nitrogens is 3. The number of benzene rings is 2. The van der Waals surface area contributed by atoms with Gasteiger partial charge in [-0.1, -0.05) is 30.3 Å². The molecule has 156 valence electrons. The number of rotatable bonds is 5. The number of nitrogens with zero attached hydrogens (tertiary/aromatic N) is 3. The molecule has 7 heteroatoms. The Morgan fingerprint density at radius 1 is 1.03 bits per heavy atom. The average Bonchev–Trinajstić information content (AvgIpc) is 3.17. The summed E-state index contributed by atoms with van der Waals surface area (Å²) in [6.45, 7) is 5.82. The Hall–Kier alpha value is -4.00. The van der Waals surface area contributed by atoms with Crippen molar-refractivity contribution in [2.45, 2.75) is 26.8 Å². The van der Waals surface area contributed by atoms with Crippen LogP contribution in [0.3, 0.4) is 0 Å². The molecule has 0 spiro atoms. The van der Waals surface area contributed by atoms with Crippen LogP contribution >= 0.6 is 0 Å². The van der Waals surface area contributed by atoms with Crippen molar-refractivity contribution in [1.82, 2.24) is 14.8 Å². The van der Waals surface area contributed by atoms with Crippen molar-refractivity contribution >= 4 is 28.5 Å². The fourth-order valence-corrected chi connectivity index (χ4v) is 3.56. The summed E-state index contributed by atoms with van der Waals surface area (Å²) < 4.78 is 1.81. The summed E-state index contributed by atoms with van der Waals surface area (Å²) in [4.78, 5) is 29.5. The molecule has 0 saturated carbocycles. The minimum absolute atomic E-state index is 0.0935. The van der Waals surface area contributed by atoms with Crippen LogP contribution in [0.2, 0.25) is 0 Å². The maximum absolute atomic E-state index is 13.3. The number of aryl methyl sites for hydroxylation is 1. The Bertz CT molecular complexity index is 1290. The first-order valence-corrected chi connectivity index (χ1v) is 10.0. The maximum Gasteiger partial charge on any atom is 0.256 e. The highest BCUT2D eigenvalue weighted by Crippen LogP contribution is 2.27. The zero-order valence-electron chi connectivity index (χ0n) is 17.6. The Morgan fingerprint density at radius 3 is 2.42 bits per heavy atom. The van der Waals surface area contributed by atoms with Gasteiger partial charge < -0.3 is 11.1 Å². The van der Waals surface area contributed by atoms with E-state index >= 15 is 0 Å². The summed E-state index contributed by atoms with van der Waals surface area (Å²) in [6.07, 6.45) is 1.67. The molecule has 2 amide bonds. The van der Waals surface area contributed by atoms with Gasteiger partial charge in [-0.2, -0.15) is 5.10 Å². The third-order valence-corrected chi connectivity index (χ3v) is 5.12. The van der Waals surface area contributed by atoms with Crippen molar-refractivity contribution in [3.05, 3.63) is 77.5 Å². The molecule has 2 heterocycles. The van der Waals surface area contributed by atoms with Crippen LogP contribution in [0.4, 0.5) is 5.69 Å². The topological polar surface area (TPSA) is 103 Å². The number of hydrogen-bond acceptors (Lipinski definition) is 4. The van der Waals surface area contributed by atoms with Crippen molar-refractivity contribution in [3.8, 4) is 11.3 Å². The molecule has 4 aromatic rings. The van der Waals surface area contributed by atoms with Gasteiger partial charge in [0, 0.05) is 22.9 Å². The molecular weight excluding hydrogens is 390 g/mol. The van der Waals surface area contributed by atoms with Gasteiger partial charge in [0.1, 0.15) is 0 Å². The number of carbonyl (C=O) groups excluding carboxylic acids is 2. The number of anilines is 1. The third-order valence-electron chi connectivity index (χ3n) is 5.12. The Kier molecular flexibility index (Phi) is 5.25. The molecule has 4 rings (SSSR count). The first kappa shape index (κ1) is 20.3. The standard InChI is InChI=1S/C24H23N5O2/c1-14(2)29-23-20(13-26-29)19(12-21(28-23)16-7-5-4-6-8-16)24(31)27-17-9-10-18(22(25)30)15(3)11-17/h4-14H,1-3H3,(H2,25,30)(H,27,31). The molecule has 0 saturated heterocycles. The van der Waals surface area contributed by atoms with Crippen molar-refractivity contribution in [1.29, 1.82) is 0 Å². The van der Waals surface area contributed by atoms with Gasteiger partial charge >= 0.3 is 0 Å². The quantitative estimate of drug-likeness (QED) is 0.508. The largest absolute Gasteiger partial charge is 0.366 e. The van der Waals surface area contributed by atoms with Gasteiger partial charge in [0.15, 0.2) is 5.65 Å². The van der Waals surface area contributed by atoms with Crippen LogP contribution in [0.15, 0.2) is 60.8 Å². The zero-order chi connectivity index (χ0) is 22.1. The summed E-state index contributed by atoms with van der Waals surface area (Å²) >= 11 is 0. The van der Waals surface area contributed by atoms with Crippen LogP contribution in [0.1, 0.15) is 46.2 Å². The number of carbonyl (C=O) groups is 2. The smallest absolute Gasteiger partial charge is 0.256 e. The number of nitrogens with two attached hydrogens (primary N) is 1. The molecule has 0 aliphatic rings. The van der Waals surface area contributed by atoms with E-state index < -0.39 is 5.91 Å². The number of amides is 2. The van der Waals surface area contributed by atoms with E-state index in [1.54, 1.807) is 37.4 Å². The van der Waals surface area contributed by atoms with E-state index in [-0.39, 0.29) is 11.9 Å².